The SMILES string of the molecule is C=C/C(=C\C=C(/C)c1cnc([C@@H]2CCCN2C(=O)[C@@H](NC(=O)OC)c2ccccc2)[nH]1)c1ccc(-c2cnc([C@@H]3CCCN3C(=O)[C@@H](NC(=O)OC)c3ccccc3)[nH]2)c2c1C1CCC2CC1. The molecule has 0 radical (unpaired) electrons. The first-order valence-corrected chi connectivity index (χ1v) is 23.4. The summed E-state index contributed by atoms with van der Waals surface area (Å²) in [6, 6.07) is 20.6. The van der Waals surface area contributed by atoms with Crippen LogP contribution in [-0.4, -0.2) is 81.0 Å². The number of nitrogens with zero attached hydrogens (tertiary/aromatic N) is 4. The molecule has 5 aliphatic rings. The van der Waals surface area contributed by atoms with Crippen molar-refractivity contribution in [3.05, 3.63) is 155 Å². The quantitative estimate of drug-likeness (QED) is 0.0845. The van der Waals surface area contributed by atoms with Gasteiger partial charge < -0.3 is 39.9 Å². The molecule has 3 fully saturated rings. The molecule has 14 heteroatoms. The molecule has 0 unspecified atom stereocenters. The second-order valence-electron chi connectivity index (χ2n) is 17.9. The van der Waals surface area contributed by atoms with Crippen molar-refractivity contribution in [2.45, 2.75) is 94.3 Å². The first-order valence-electron chi connectivity index (χ1n) is 23.4. The van der Waals surface area contributed by atoms with Crippen LogP contribution < -0.4 is 10.6 Å². The van der Waals surface area contributed by atoms with Gasteiger partial charge in [0.25, 0.3) is 11.8 Å². The summed E-state index contributed by atoms with van der Waals surface area (Å²) in [4.78, 5) is 73.4. The van der Waals surface area contributed by atoms with E-state index in [1.807, 2.05) is 91.0 Å². The number of aromatic amines is 2. The van der Waals surface area contributed by atoms with Crippen LogP contribution in [-0.2, 0) is 19.1 Å². The number of fused-ring (bicyclic) bond motifs is 2. The molecule has 4 amide bonds. The maximum atomic E-state index is 14.2. The van der Waals surface area contributed by atoms with E-state index in [2.05, 4.69) is 51.5 Å². The number of amides is 4. The minimum atomic E-state index is -0.891. The molecular weight excluding hydrogens is 845 g/mol. The second-order valence-corrected chi connectivity index (χ2v) is 17.9. The first kappa shape index (κ1) is 45.0. The number of H-pyrrole nitrogens is 2. The lowest BCUT2D eigenvalue weighted by atomic mass is 9.63. The van der Waals surface area contributed by atoms with Gasteiger partial charge in [-0.05, 0) is 109 Å². The fourth-order valence-electron chi connectivity index (χ4n) is 10.8. The summed E-state index contributed by atoms with van der Waals surface area (Å²) >= 11 is 0. The number of methoxy groups -OCH3 is 2. The number of benzene rings is 3. The molecule has 3 aliphatic carbocycles. The van der Waals surface area contributed by atoms with Gasteiger partial charge in [0.1, 0.15) is 23.7 Å². The zero-order valence-electron chi connectivity index (χ0n) is 38.3. The Labute approximate surface area is 391 Å². The Morgan fingerprint density at radius 3 is 1.75 bits per heavy atom. The highest BCUT2D eigenvalue weighted by molar-refractivity contribution is 5.89. The molecule has 4 atom stereocenters. The fourth-order valence-corrected chi connectivity index (χ4v) is 10.8. The summed E-state index contributed by atoms with van der Waals surface area (Å²) in [5, 5.41) is 5.49. The molecule has 2 aromatic heterocycles. The number of hydrogen-bond acceptors (Lipinski definition) is 8. The molecule has 2 saturated heterocycles. The summed E-state index contributed by atoms with van der Waals surface area (Å²) in [7, 11) is 2.58. The van der Waals surface area contributed by atoms with Gasteiger partial charge in [-0.25, -0.2) is 19.6 Å². The molecule has 2 aliphatic heterocycles. The molecule has 10 rings (SSSR count). The third-order valence-corrected chi connectivity index (χ3v) is 14.1. The Kier molecular flexibility index (Phi) is 13.2. The van der Waals surface area contributed by atoms with E-state index in [4.69, 9.17) is 19.4 Å². The lowest BCUT2D eigenvalue weighted by molar-refractivity contribution is -0.135. The highest BCUT2D eigenvalue weighted by Gasteiger charge is 2.40. The Bertz CT molecular complexity index is 2700. The highest BCUT2D eigenvalue weighted by atomic mass is 16.5. The van der Waals surface area contributed by atoms with E-state index in [0.29, 0.717) is 41.9 Å². The van der Waals surface area contributed by atoms with Gasteiger partial charge in [0.2, 0.25) is 0 Å². The molecule has 2 bridgehead atoms. The monoisotopic (exact) mass is 902 g/mol. The number of nitrogens with one attached hydrogen (secondary N) is 4. The Morgan fingerprint density at radius 1 is 0.687 bits per heavy atom. The van der Waals surface area contributed by atoms with Gasteiger partial charge in [0.15, 0.2) is 0 Å². The number of aromatic nitrogens is 4. The van der Waals surface area contributed by atoms with Gasteiger partial charge in [0, 0.05) is 18.7 Å². The van der Waals surface area contributed by atoms with Crippen LogP contribution in [0.25, 0.3) is 22.4 Å². The van der Waals surface area contributed by atoms with E-state index in [9.17, 15) is 19.2 Å². The molecule has 1 saturated carbocycles. The maximum Gasteiger partial charge on any atom is 0.407 e. The fraction of sp³-hybridized carbons (Fsp3) is 0.358. The van der Waals surface area contributed by atoms with Crippen LogP contribution in [0.4, 0.5) is 9.59 Å². The third kappa shape index (κ3) is 9.04. The van der Waals surface area contributed by atoms with Gasteiger partial charge in [-0.1, -0.05) is 97.6 Å². The lowest BCUT2D eigenvalue weighted by Gasteiger charge is -2.41. The normalized spacial score (nSPS) is 21.1. The average molecular weight is 903 g/mol. The van der Waals surface area contributed by atoms with E-state index in [0.717, 1.165) is 85.3 Å². The molecule has 3 aromatic carbocycles. The highest BCUT2D eigenvalue weighted by Crippen LogP contribution is 2.54. The molecule has 0 spiro atoms. The van der Waals surface area contributed by atoms with Gasteiger partial charge in [-0.15, -0.1) is 0 Å². The van der Waals surface area contributed by atoms with Crippen LogP contribution in [0.1, 0.15) is 139 Å². The van der Waals surface area contributed by atoms with Crippen LogP contribution in [0, 0.1) is 0 Å². The number of allylic oxidation sites excluding steroid dienone is 5. The average Bonchev–Trinajstić information content (AvgIpc) is 4.23. The van der Waals surface area contributed by atoms with E-state index in [1.165, 1.54) is 30.9 Å². The third-order valence-electron chi connectivity index (χ3n) is 14.1. The van der Waals surface area contributed by atoms with Crippen LogP contribution in [0.15, 0.2) is 110 Å². The zero-order chi connectivity index (χ0) is 46.6. The van der Waals surface area contributed by atoms with Crippen molar-refractivity contribution >= 4 is 35.1 Å². The lowest BCUT2D eigenvalue weighted by Crippen LogP contribution is -2.42. The van der Waals surface area contributed by atoms with E-state index < -0.39 is 24.3 Å². The van der Waals surface area contributed by atoms with Gasteiger partial charge in [-0.2, -0.15) is 0 Å². The topological polar surface area (TPSA) is 175 Å². The van der Waals surface area contributed by atoms with E-state index in [1.54, 1.807) is 4.90 Å². The van der Waals surface area contributed by atoms with Crippen molar-refractivity contribution in [1.29, 1.82) is 0 Å². The minimum absolute atomic E-state index is 0.201. The van der Waals surface area contributed by atoms with Gasteiger partial charge >= 0.3 is 12.2 Å². The number of hydrogen-bond donors (Lipinski definition) is 4. The number of carbonyl (C=O) groups is 4. The number of rotatable bonds is 13. The number of carbonyl (C=O) groups excluding carboxylic acids is 4. The first-order chi connectivity index (χ1) is 32.7. The largest absolute Gasteiger partial charge is 0.453 e. The minimum Gasteiger partial charge on any atom is -0.453 e. The molecule has 14 nitrogen and oxygen atoms in total. The molecule has 4 heterocycles. The molecular formula is C53H58N8O6. The molecule has 67 heavy (non-hydrogen) atoms. The van der Waals surface area contributed by atoms with Crippen LogP contribution >= 0.6 is 0 Å². The summed E-state index contributed by atoms with van der Waals surface area (Å²) in [5.41, 5.74) is 10.3. The van der Waals surface area contributed by atoms with Crippen LogP contribution in [0.3, 0.4) is 0 Å². The number of imidazole rings is 2. The molecule has 4 N–H and O–H groups in total. The van der Waals surface area contributed by atoms with Crippen molar-refractivity contribution in [3.8, 4) is 11.3 Å². The summed E-state index contributed by atoms with van der Waals surface area (Å²) in [5.74, 6) is 1.88. The van der Waals surface area contributed by atoms with Crippen LogP contribution in [0.5, 0.6) is 0 Å². The van der Waals surface area contributed by atoms with Crippen molar-refractivity contribution in [2.24, 2.45) is 0 Å². The Balaban J connectivity index is 0.959. The predicted octanol–water partition coefficient (Wildman–Crippen LogP) is 9.75. The van der Waals surface area contributed by atoms with Crippen molar-refractivity contribution in [1.82, 2.24) is 40.4 Å². The number of likely N-dealkylation sites (tertiary alicyclic amines) is 2. The summed E-state index contributed by atoms with van der Waals surface area (Å²) in [6.45, 7) is 7.42. The Morgan fingerprint density at radius 2 is 1.21 bits per heavy atom. The van der Waals surface area contributed by atoms with Crippen molar-refractivity contribution < 1.29 is 28.7 Å². The smallest absolute Gasteiger partial charge is 0.407 e. The standard InChI is InChI=1S/C53H58N8O6/c1-5-33(21-20-32(2)40-30-54-48(56-40)42-18-12-28-60(42)50(62)46(58-52(64)66-3)36-14-8-6-9-15-36)38-26-27-39(45-35-24-22-34(23-25-35)44(38)45)41-31-55-49(57-41)43-19-13-29-61(43)51(63)47(59-53(65)67-4)37-16-10-7-11-17-37/h5-11,14-17,20-21,26-27,30-31,34-35,42-43,46-47H,1,12-13,18-19,22-25,28-29H2,2-4H3,(H,54,56)(H,55,57)(H,58,64)(H,59,65)/b32-20+,33-21+/t34?,35?,42-,43-,46-,47-/m0/s1. The zero-order valence-corrected chi connectivity index (χ0v) is 38.3. The van der Waals surface area contributed by atoms with Crippen molar-refractivity contribution in [3.63, 3.8) is 0 Å². The van der Waals surface area contributed by atoms with E-state index in [-0.39, 0.29) is 23.9 Å². The second kappa shape index (κ2) is 19.7. The van der Waals surface area contributed by atoms with E-state index >= 15 is 0 Å². The maximum absolute atomic E-state index is 14.2. The van der Waals surface area contributed by atoms with Gasteiger partial charge in [-0.3, -0.25) is 9.59 Å². The number of alkyl carbamates (subject to hydrolysis) is 2. The Hall–Kier alpha value is -7.22. The molecule has 5 aromatic rings. The number of ether oxygens (including phenoxy) is 2. The molecule has 346 valence electrons. The summed E-state index contributed by atoms with van der Waals surface area (Å²) < 4.78 is 9.76. The van der Waals surface area contributed by atoms with Crippen LogP contribution in [0.2, 0.25) is 0 Å². The van der Waals surface area contributed by atoms with Gasteiger partial charge in [0.05, 0.1) is 50.1 Å². The predicted molar refractivity (Wildman–Crippen MR) is 255 cm³/mol. The summed E-state index contributed by atoms with van der Waals surface area (Å²) in [6.07, 6.45) is 16.3. The van der Waals surface area contributed by atoms with Crippen molar-refractivity contribution in [2.75, 3.05) is 27.3 Å².